The second-order valence-corrected chi connectivity index (χ2v) is 6.27. The largest absolute Gasteiger partial charge is 0.353 e. The van der Waals surface area contributed by atoms with Gasteiger partial charge in [-0.2, -0.15) is 0 Å². The molecule has 120 valence electrons. The summed E-state index contributed by atoms with van der Waals surface area (Å²) in [6, 6.07) is 8.11. The lowest BCUT2D eigenvalue weighted by Gasteiger charge is -2.22. The molecule has 1 amide bonds. The quantitative estimate of drug-likeness (QED) is 0.772. The Balaban J connectivity index is 1.75. The lowest BCUT2D eigenvalue weighted by atomic mass is 9.95. The monoisotopic (exact) mass is 301 g/mol. The Labute approximate surface area is 133 Å². The third kappa shape index (κ3) is 5.28. The molecule has 22 heavy (non-hydrogen) atoms. The Hall–Kier alpha value is -1.64. The fraction of sp³-hybridized carbons (Fsp3) is 0.579. The Morgan fingerprint density at radius 1 is 1.05 bits per heavy atom. The first-order valence-electron chi connectivity index (χ1n) is 8.60. The highest BCUT2D eigenvalue weighted by atomic mass is 16.2. The van der Waals surface area contributed by atoms with E-state index in [1.165, 1.54) is 24.8 Å². The van der Waals surface area contributed by atoms with E-state index in [-0.39, 0.29) is 11.7 Å². The molecule has 0 radical (unpaired) electrons. The van der Waals surface area contributed by atoms with Gasteiger partial charge in [0.1, 0.15) is 0 Å². The maximum Gasteiger partial charge on any atom is 0.220 e. The van der Waals surface area contributed by atoms with Crippen LogP contribution in [-0.4, -0.2) is 17.7 Å². The second-order valence-electron chi connectivity index (χ2n) is 6.27. The van der Waals surface area contributed by atoms with Gasteiger partial charge in [0, 0.05) is 24.4 Å². The van der Waals surface area contributed by atoms with Gasteiger partial charge >= 0.3 is 0 Å². The van der Waals surface area contributed by atoms with Crippen molar-refractivity contribution in [3.8, 4) is 0 Å². The van der Waals surface area contributed by atoms with E-state index in [0.29, 0.717) is 24.4 Å². The number of carbonyl (C=O) groups excluding carboxylic acids is 2. The summed E-state index contributed by atoms with van der Waals surface area (Å²) in [7, 11) is 0. The van der Waals surface area contributed by atoms with Crippen LogP contribution < -0.4 is 5.32 Å². The van der Waals surface area contributed by atoms with Crippen LogP contribution in [0.4, 0.5) is 0 Å². The van der Waals surface area contributed by atoms with E-state index >= 15 is 0 Å². The van der Waals surface area contributed by atoms with Gasteiger partial charge in [0.2, 0.25) is 5.91 Å². The number of amides is 1. The molecule has 0 saturated heterocycles. The zero-order valence-corrected chi connectivity index (χ0v) is 13.6. The lowest BCUT2D eigenvalue weighted by molar-refractivity contribution is -0.121. The highest BCUT2D eigenvalue weighted by Gasteiger charge is 2.16. The van der Waals surface area contributed by atoms with Crippen molar-refractivity contribution in [3.63, 3.8) is 0 Å². The molecule has 1 aliphatic carbocycles. The average molecular weight is 301 g/mol. The van der Waals surface area contributed by atoms with Crippen LogP contribution in [0.5, 0.6) is 0 Å². The zero-order valence-electron chi connectivity index (χ0n) is 13.6. The van der Waals surface area contributed by atoms with Crippen molar-refractivity contribution in [2.45, 2.75) is 70.8 Å². The summed E-state index contributed by atoms with van der Waals surface area (Å²) in [5.74, 6) is 0.0738. The summed E-state index contributed by atoms with van der Waals surface area (Å²) < 4.78 is 0. The number of ketones is 1. The number of carbonyl (C=O) groups is 2. The number of hydrogen-bond donors (Lipinski definition) is 1. The first-order chi connectivity index (χ1) is 10.7. The summed E-state index contributed by atoms with van der Waals surface area (Å²) in [6.45, 7) is 2.14. The minimum Gasteiger partial charge on any atom is -0.353 e. The van der Waals surface area contributed by atoms with Crippen LogP contribution in [0.3, 0.4) is 0 Å². The Kier molecular flexibility index (Phi) is 6.63. The molecule has 0 aliphatic heterocycles. The van der Waals surface area contributed by atoms with E-state index in [0.717, 1.165) is 25.7 Å². The first kappa shape index (κ1) is 16.7. The van der Waals surface area contributed by atoms with Crippen LogP contribution in [-0.2, 0) is 11.2 Å². The van der Waals surface area contributed by atoms with E-state index in [1.807, 2.05) is 24.3 Å². The van der Waals surface area contributed by atoms with Crippen molar-refractivity contribution in [2.24, 2.45) is 0 Å². The van der Waals surface area contributed by atoms with Gasteiger partial charge in [0.15, 0.2) is 5.78 Å². The van der Waals surface area contributed by atoms with Crippen molar-refractivity contribution in [2.75, 3.05) is 0 Å². The molecule has 3 heteroatoms. The minimum atomic E-state index is 0.0165. The van der Waals surface area contributed by atoms with Crippen LogP contribution in [0.15, 0.2) is 24.3 Å². The van der Waals surface area contributed by atoms with Gasteiger partial charge in [0.05, 0.1) is 0 Å². The summed E-state index contributed by atoms with van der Waals surface area (Å²) in [5.41, 5.74) is 1.97. The summed E-state index contributed by atoms with van der Waals surface area (Å²) >= 11 is 0. The molecule has 0 spiro atoms. The first-order valence-corrected chi connectivity index (χ1v) is 8.60. The van der Waals surface area contributed by atoms with Gasteiger partial charge < -0.3 is 5.32 Å². The predicted octanol–water partition coefficient (Wildman–Crippen LogP) is 4.05. The summed E-state index contributed by atoms with van der Waals surface area (Å²) in [6.07, 6.45) is 8.59. The Morgan fingerprint density at radius 2 is 1.73 bits per heavy atom. The fourth-order valence-corrected chi connectivity index (χ4v) is 3.06. The van der Waals surface area contributed by atoms with Crippen molar-refractivity contribution < 1.29 is 9.59 Å². The van der Waals surface area contributed by atoms with Crippen molar-refractivity contribution in [1.82, 2.24) is 5.32 Å². The maximum absolute atomic E-state index is 12.1. The second kappa shape index (κ2) is 8.72. The Bertz CT molecular complexity index is 487. The molecule has 1 aromatic rings. The molecular weight excluding hydrogens is 274 g/mol. The van der Waals surface area contributed by atoms with E-state index in [2.05, 4.69) is 12.2 Å². The molecule has 3 nitrogen and oxygen atoms in total. The van der Waals surface area contributed by atoms with Gasteiger partial charge in [-0.15, -0.1) is 0 Å². The average Bonchev–Trinajstić information content (AvgIpc) is 2.54. The molecule has 0 aromatic heterocycles. The molecule has 1 N–H and O–H groups in total. The third-order valence-electron chi connectivity index (χ3n) is 4.36. The summed E-state index contributed by atoms with van der Waals surface area (Å²) in [4.78, 5) is 24.1. The number of Topliss-reactive ketones (excluding diaryl/α,β-unsaturated/α-hetero) is 1. The molecule has 0 bridgehead atoms. The SMILES string of the molecule is CCCc1ccc(C(=O)CCC(=O)NC2CCCCC2)cc1. The molecule has 0 unspecified atom stereocenters. The molecule has 1 fully saturated rings. The van der Waals surface area contributed by atoms with Crippen LogP contribution in [0, 0.1) is 0 Å². The number of nitrogens with one attached hydrogen (secondary N) is 1. The van der Waals surface area contributed by atoms with Crippen LogP contribution >= 0.6 is 0 Å². The standard InChI is InChI=1S/C19H27NO2/c1-2-6-15-9-11-16(12-10-15)18(21)13-14-19(22)20-17-7-4-3-5-8-17/h9-12,17H,2-8,13-14H2,1H3,(H,20,22). The molecule has 0 atom stereocenters. The topological polar surface area (TPSA) is 46.2 Å². The van der Waals surface area contributed by atoms with Crippen LogP contribution in [0.25, 0.3) is 0 Å². The molecule has 2 rings (SSSR count). The van der Waals surface area contributed by atoms with Gasteiger partial charge in [-0.05, 0) is 24.8 Å². The van der Waals surface area contributed by atoms with Gasteiger partial charge in [-0.3, -0.25) is 9.59 Å². The predicted molar refractivity (Wildman–Crippen MR) is 89.0 cm³/mol. The fourth-order valence-electron chi connectivity index (χ4n) is 3.06. The molecular formula is C19H27NO2. The summed E-state index contributed by atoms with van der Waals surface area (Å²) in [5, 5.41) is 3.06. The van der Waals surface area contributed by atoms with Crippen molar-refractivity contribution >= 4 is 11.7 Å². The zero-order chi connectivity index (χ0) is 15.8. The number of hydrogen-bond acceptors (Lipinski definition) is 2. The van der Waals surface area contributed by atoms with Crippen LogP contribution in [0.2, 0.25) is 0 Å². The number of aryl methyl sites for hydroxylation is 1. The number of benzene rings is 1. The normalized spacial score (nSPS) is 15.5. The smallest absolute Gasteiger partial charge is 0.220 e. The van der Waals surface area contributed by atoms with E-state index in [4.69, 9.17) is 0 Å². The lowest BCUT2D eigenvalue weighted by Crippen LogP contribution is -2.36. The van der Waals surface area contributed by atoms with Gasteiger partial charge in [-0.1, -0.05) is 56.9 Å². The van der Waals surface area contributed by atoms with Crippen LogP contribution in [0.1, 0.15) is 74.2 Å². The molecule has 0 heterocycles. The van der Waals surface area contributed by atoms with Crippen molar-refractivity contribution in [1.29, 1.82) is 0 Å². The third-order valence-corrected chi connectivity index (χ3v) is 4.36. The highest BCUT2D eigenvalue weighted by Crippen LogP contribution is 2.17. The minimum absolute atomic E-state index is 0.0165. The van der Waals surface area contributed by atoms with Gasteiger partial charge in [0.25, 0.3) is 0 Å². The maximum atomic E-state index is 12.1. The Morgan fingerprint density at radius 3 is 2.36 bits per heavy atom. The van der Waals surface area contributed by atoms with Gasteiger partial charge in [-0.25, -0.2) is 0 Å². The van der Waals surface area contributed by atoms with E-state index in [9.17, 15) is 9.59 Å². The highest BCUT2D eigenvalue weighted by molar-refractivity contribution is 5.98. The van der Waals surface area contributed by atoms with Crippen molar-refractivity contribution in [3.05, 3.63) is 35.4 Å². The molecule has 1 aliphatic rings. The van der Waals surface area contributed by atoms with E-state index in [1.54, 1.807) is 0 Å². The van der Waals surface area contributed by atoms with E-state index < -0.39 is 0 Å². The molecule has 1 aromatic carbocycles. The molecule has 1 saturated carbocycles. The number of rotatable bonds is 7.